The lowest BCUT2D eigenvalue weighted by molar-refractivity contribution is 0.0734. The molecule has 0 fully saturated rings. The Labute approximate surface area is 148 Å². The van der Waals surface area contributed by atoms with Crippen LogP contribution in [0.15, 0.2) is 73.0 Å². The second-order valence-electron chi connectivity index (χ2n) is 5.51. The molecular formula is C20H12N2O4. The van der Waals surface area contributed by atoms with Crippen molar-refractivity contribution in [2.45, 2.75) is 0 Å². The van der Waals surface area contributed by atoms with Gasteiger partial charge in [0.25, 0.3) is 0 Å². The number of aromatic nitrogens is 2. The summed E-state index contributed by atoms with van der Waals surface area (Å²) in [7, 11) is 0. The zero-order valence-electron chi connectivity index (χ0n) is 13.5. The number of ketones is 1. The number of hydrogen-bond acceptors (Lipinski definition) is 6. The molecule has 0 saturated carbocycles. The number of ether oxygens (including phenoxy) is 2. The van der Waals surface area contributed by atoms with E-state index in [9.17, 15) is 9.59 Å². The maximum Gasteiger partial charge on any atom is 0.345 e. The van der Waals surface area contributed by atoms with Crippen LogP contribution in [0, 0.1) is 0 Å². The van der Waals surface area contributed by atoms with E-state index in [0.29, 0.717) is 16.9 Å². The molecule has 0 aliphatic carbocycles. The first-order valence-electron chi connectivity index (χ1n) is 7.81. The topological polar surface area (TPSA) is 78.4 Å². The van der Waals surface area contributed by atoms with E-state index in [0.717, 1.165) is 5.56 Å². The molecule has 1 aliphatic heterocycles. The summed E-state index contributed by atoms with van der Waals surface area (Å²) in [5.74, 6) is 0.0983. The normalized spacial score (nSPS) is 14.0. The second kappa shape index (κ2) is 6.60. The lowest BCUT2D eigenvalue weighted by Gasteiger charge is -2.05. The Bertz CT molecular complexity index is 1010. The van der Waals surface area contributed by atoms with E-state index in [-0.39, 0.29) is 17.3 Å². The van der Waals surface area contributed by atoms with Gasteiger partial charge in [0.05, 0.1) is 11.1 Å². The Morgan fingerprint density at radius 2 is 1.88 bits per heavy atom. The van der Waals surface area contributed by atoms with Gasteiger partial charge < -0.3 is 9.47 Å². The van der Waals surface area contributed by atoms with E-state index in [4.69, 9.17) is 9.47 Å². The number of carbonyl (C=O) groups is 2. The number of rotatable bonds is 3. The highest BCUT2D eigenvalue weighted by Crippen LogP contribution is 2.35. The molecule has 126 valence electrons. The summed E-state index contributed by atoms with van der Waals surface area (Å²) in [5.41, 5.74) is 1.56. The van der Waals surface area contributed by atoms with Gasteiger partial charge in [-0.3, -0.25) is 14.8 Å². The van der Waals surface area contributed by atoms with E-state index in [1.54, 1.807) is 61.1 Å². The molecule has 3 heterocycles. The first-order valence-corrected chi connectivity index (χ1v) is 7.81. The highest BCUT2D eigenvalue weighted by molar-refractivity contribution is 6.14. The van der Waals surface area contributed by atoms with Crippen LogP contribution in [0.2, 0.25) is 0 Å². The molecule has 2 aromatic heterocycles. The average Bonchev–Trinajstić information content (AvgIpc) is 2.98. The minimum absolute atomic E-state index is 0.210. The van der Waals surface area contributed by atoms with Gasteiger partial charge in [-0.05, 0) is 48.0 Å². The Morgan fingerprint density at radius 1 is 1.04 bits per heavy atom. The summed E-state index contributed by atoms with van der Waals surface area (Å²) in [6, 6.07) is 11.5. The van der Waals surface area contributed by atoms with Crippen molar-refractivity contribution in [1.82, 2.24) is 9.97 Å². The summed E-state index contributed by atoms with van der Waals surface area (Å²) in [6.07, 6.45) is 7.91. The quantitative estimate of drug-likeness (QED) is 0.412. The van der Waals surface area contributed by atoms with Crippen LogP contribution in [0.5, 0.6) is 11.5 Å². The molecule has 0 atom stereocenters. The molecule has 0 unspecified atom stereocenters. The average molecular weight is 344 g/mol. The molecular weight excluding hydrogens is 332 g/mol. The molecule has 0 spiro atoms. The fraction of sp³-hybridized carbons (Fsp3) is 0. The minimum Gasteiger partial charge on any atom is -0.452 e. The predicted molar refractivity (Wildman–Crippen MR) is 92.8 cm³/mol. The van der Waals surface area contributed by atoms with Crippen LogP contribution >= 0.6 is 0 Å². The number of allylic oxidation sites excluding steroid dienone is 1. The largest absolute Gasteiger partial charge is 0.452 e. The minimum atomic E-state index is -0.532. The Kier molecular flexibility index (Phi) is 3.99. The highest BCUT2D eigenvalue weighted by Gasteiger charge is 2.28. The molecule has 3 aromatic rings. The van der Waals surface area contributed by atoms with Crippen LogP contribution in [-0.4, -0.2) is 21.7 Å². The SMILES string of the molecule is O=C(Oc1ccc2c(c1)O/C(=C\c1ccncc1)C2=O)c1cccnc1. The van der Waals surface area contributed by atoms with Crippen molar-refractivity contribution in [3.63, 3.8) is 0 Å². The summed E-state index contributed by atoms with van der Waals surface area (Å²) < 4.78 is 11.0. The molecule has 1 aliphatic rings. The van der Waals surface area contributed by atoms with Gasteiger partial charge in [0.2, 0.25) is 5.78 Å². The number of benzene rings is 1. The van der Waals surface area contributed by atoms with Gasteiger partial charge in [0, 0.05) is 30.9 Å². The second-order valence-corrected chi connectivity index (χ2v) is 5.51. The van der Waals surface area contributed by atoms with Gasteiger partial charge in [-0.15, -0.1) is 0 Å². The smallest absolute Gasteiger partial charge is 0.345 e. The molecule has 0 amide bonds. The zero-order valence-corrected chi connectivity index (χ0v) is 13.5. The van der Waals surface area contributed by atoms with Gasteiger partial charge in [-0.25, -0.2) is 4.79 Å². The van der Waals surface area contributed by atoms with Gasteiger partial charge in [-0.1, -0.05) is 0 Å². The standard InChI is InChI=1S/C20H12N2O4/c23-19-16-4-3-15(25-20(24)14-2-1-7-22-12-14)11-17(16)26-18(19)10-13-5-8-21-9-6-13/h1-12H/b18-10-. The summed E-state index contributed by atoms with van der Waals surface area (Å²) in [5, 5.41) is 0. The van der Waals surface area contributed by atoms with Crippen molar-refractivity contribution in [3.05, 3.63) is 89.7 Å². The van der Waals surface area contributed by atoms with Crippen LogP contribution in [-0.2, 0) is 0 Å². The molecule has 4 rings (SSSR count). The fourth-order valence-corrected chi connectivity index (χ4v) is 2.49. The summed E-state index contributed by atoms with van der Waals surface area (Å²) in [6.45, 7) is 0. The van der Waals surface area contributed by atoms with Gasteiger partial charge >= 0.3 is 5.97 Å². The maximum absolute atomic E-state index is 12.4. The monoisotopic (exact) mass is 344 g/mol. The number of esters is 1. The lowest BCUT2D eigenvalue weighted by Crippen LogP contribution is -2.08. The van der Waals surface area contributed by atoms with E-state index in [1.807, 2.05) is 0 Å². The Morgan fingerprint density at radius 3 is 2.65 bits per heavy atom. The van der Waals surface area contributed by atoms with Crippen molar-refractivity contribution in [3.8, 4) is 11.5 Å². The summed E-state index contributed by atoms with van der Waals surface area (Å²) >= 11 is 0. The van der Waals surface area contributed by atoms with Crippen molar-refractivity contribution in [1.29, 1.82) is 0 Å². The first-order chi connectivity index (χ1) is 12.7. The number of carbonyl (C=O) groups excluding carboxylic acids is 2. The zero-order chi connectivity index (χ0) is 17.9. The number of fused-ring (bicyclic) bond motifs is 1. The van der Waals surface area contributed by atoms with Gasteiger partial charge in [0.15, 0.2) is 5.76 Å². The molecule has 6 nitrogen and oxygen atoms in total. The van der Waals surface area contributed by atoms with Crippen LogP contribution in [0.1, 0.15) is 26.3 Å². The molecule has 0 radical (unpaired) electrons. The van der Waals surface area contributed by atoms with Crippen molar-refractivity contribution >= 4 is 17.8 Å². The number of nitrogens with zero attached hydrogens (tertiary/aromatic N) is 2. The third-order valence-electron chi connectivity index (χ3n) is 3.75. The van der Waals surface area contributed by atoms with Gasteiger partial charge in [0.1, 0.15) is 11.5 Å². The third kappa shape index (κ3) is 3.08. The van der Waals surface area contributed by atoms with Crippen molar-refractivity contribution in [2.24, 2.45) is 0 Å². The van der Waals surface area contributed by atoms with Gasteiger partial charge in [-0.2, -0.15) is 0 Å². The molecule has 1 aromatic carbocycles. The Hall–Kier alpha value is -3.80. The van der Waals surface area contributed by atoms with Crippen LogP contribution in [0.4, 0.5) is 0 Å². The molecule has 0 bridgehead atoms. The van der Waals surface area contributed by atoms with E-state index in [2.05, 4.69) is 9.97 Å². The number of Topliss-reactive ketones (excluding diaryl/α,β-unsaturated/α-hetero) is 1. The van der Waals surface area contributed by atoms with E-state index in [1.165, 1.54) is 12.3 Å². The third-order valence-corrected chi connectivity index (χ3v) is 3.75. The molecule has 26 heavy (non-hydrogen) atoms. The molecule has 6 heteroatoms. The number of pyridine rings is 2. The lowest BCUT2D eigenvalue weighted by atomic mass is 10.1. The molecule has 0 N–H and O–H groups in total. The van der Waals surface area contributed by atoms with Crippen molar-refractivity contribution in [2.75, 3.05) is 0 Å². The van der Waals surface area contributed by atoms with Crippen molar-refractivity contribution < 1.29 is 19.1 Å². The predicted octanol–water partition coefficient (Wildman–Crippen LogP) is 3.31. The fourth-order valence-electron chi connectivity index (χ4n) is 2.49. The number of hydrogen-bond donors (Lipinski definition) is 0. The van der Waals surface area contributed by atoms with E-state index < -0.39 is 5.97 Å². The molecule has 0 saturated heterocycles. The van der Waals surface area contributed by atoms with E-state index >= 15 is 0 Å². The van der Waals surface area contributed by atoms with Crippen LogP contribution < -0.4 is 9.47 Å². The Balaban J connectivity index is 1.56. The first kappa shape index (κ1) is 15.7. The van der Waals surface area contributed by atoms with Crippen LogP contribution in [0.3, 0.4) is 0 Å². The summed E-state index contributed by atoms with van der Waals surface area (Å²) in [4.78, 5) is 32.3. The maximum atomic E-state index is 12.4. The van der Waals surface area contributed by atoms with Crippen LogP contribution in [0.25, 0.3) is 6.08 Å². The highest BCUT2D eigenvalue weighted by atomic mass is 16.5.